The van der Waals surface area contributed by atoms with E-state index < -0.39 is 15.9 Å². The second-order valence-corrected chi connectivity index (χ2v) is 12.5. The highest BCUT2D eigenvalue weighted by atomic mass is 32.3. The van der Waals surface area contributed by atoms with Crippen LogP contribution in [0.5, 0.6) is 0 Å². The molecule has 0 aromatic carbocycles. The summed E-state index contributed by atoms with van der Waals surface area (Å²) in [5.41, 5.74) is 5.24. The summed E-state index contributed by atoms with van der Waals surface area (Å²) in [5.74, 6) is 0. The van der Waals surface area contributed by atoms with Crippen LogP contribution in [0.3, 0.4) is 0 Å². The van der Waals surface area contributed by atoms with Crippen molar-refractivity contribution >= 4 is 16.4 Å². The van der Waals surface area contributed by atoms with E-state index in [1.54, 1.807) is 4.90 Å². The van der Waals surface area contributed by atoms with Crippen molar-refractivity contribution in [2.75, 3.05) is 25.6 Å². The zero-order valence-corrected chi connectivity index (χ0v) is 17.0. The van der Waals surface area contributed by atoms with Gasteiger partial charge in [-0.05, 0) is 52.7 Å². The van der Waals surface area contributed by atoms with Gasteiger partial charge in [-0.25, -0.2) is 4.79 Å². The van der Waals surface area contributed by atoms with Crippen molar-refractivity contribution in [3.8, 4) is 0 Å². The lowest BCUT2D eigenvalue weighted by Gasteiger charge is -2.45. The molecule has 6 heteroatoms. The molecule has 1 amide bonds. The van der Waals surface area contributed by atoms with E-state index in [0.717, 1.165) is 12.8 Å². The molecule has 0 aromatic heterocycles. The van der Waals surface area contributed by atoms with Crippen LogP contribution in [0.25, 0.3) is 0 Å². The van der Waals surface area contributed by atoms with Gasteiger partial charge in [0.15, 0.2) is 0 Å². The number of carbonyl (C=O) groups is 1. The molecule has 0 aliphatic carbocycles. The summed E-state index contributed by atoms with van der Waals surface area (Å²) in [5, 5.41) is 0. The second-order valence-electron chi connectivity index (χ2n) is 8.66. The Bertz CT molecular complexity index is 413. The van der Waals surface area contributed by atoms with Gasteiger partial charge in [-0.2, -0.15) is 0 Å². The second kappa shape index (κ2) is 7.19. The monoisotopic (exact) mass is 348 g/mol. The molecule has 23 heavy (non-hydrogen) atoms. The SMILES string of the molecule is CC(C)(C)OC(=O)N1CC(OS(C)(C)C(C)(C)C)CC1CCN. The lowest BCUT2D eigenvalue weighted by atomic mass is 10.1. The molecule has 0 radical (unpaired) electrons. The van der Waals surface area contributed by atoms with Crippen LogP contribution in [-0.4, -0.2) is 59.1 Å². The third-order valence-corrected chi connectivity index (χ3v) is 8.06. The molecule has 1 aliphatic heterocycles. The minimum atomic E-state index is -1.21. The van der Waals surface area contributed by atoms with Crippen LogP contribution in [0.1, 0.15) is 54.4 Å². The molecule has 0 bridgehead atoms. The van der Waals surface area contributed by atoms with E-state index in [0.29, 0.717) is 13.1 Å². The Hall–Kier alpha value is -0.460. The zero-order chi connectivity index (χ0) is 18.1. The average Bonchev–Trinajstić information content (AvgIpc) is 2.68. The number of hydrogen-bond acceptors (Lipinski definition) is 4. The number of rotatable bonds is 4. The van der Waals surface area contributed by atoms with E-state index in [-0.39, 0.29) is 23.0 Å². The van der Waals surface area contributed by atoms with Gasteiger partial charge in [0.05, 0.1) is 12.6 Å². The highest BCUT2D eigenvalue weighted by molar-refractivity contribution is 8.29. The van der Waals surface area contributed by atoms with Crippen molar-refractivity contribution in [1.29, 1.82) is 0 Å². The minimum absolute atomic E-state index is 0.0586. The van der Waals surface area contributed by atoms with Crippen LogP contribution in [0, 0.1) is 0 Å². The van der Waals surface area contributed by atoms with Crippen molar-refractivity contribution in [1.82, 2.24) is 4.90 Å². The van der Waals surface area contributed by atoms with Crippen LogP contribution >= 0.6 is 10.3 Å². The number of carbonyl (C=O) groups excluding carboxylic acids is 1. The Balaban J connectivity index is 2.80. The molecular formula is C17H36N2O3S. The third kappa shape index (κ3) is 5.84. The first-order valence-corrected chi connectivity index (χ1v) is 10.7. The number of nitrogens with two attached hydrogens (primary N) is 1. The molecule has 2 unspecified atom stereocenters. The largest absolute Gasteiger partial charge is 0.444 e. The Kier molecular flexibility index (Phi) is 6.44. The first-order chi connectivity index (χ1) is 10.3. The zero-order valence-electron chi connectivity index (χ0n) is 16.1. The molecule has 1 rings (SSSR count). The van der Waals surface area contributed by atoms with E-state index in [1.807, 2.05) is 20.8 Å². The summed E-state index contributed by atoms with van der Waals surface area (Å²) < 4.78 is 12.1. The average molecular weight is 349 g/mol. The van der Waals surface area contributed by atoms with Crippen molar-refractivity contribution < 1.29 is 13.7 Å². The normalized spacial score (nSPS) is 24.0. The standard InChI is InChI=1S/C17H36N2O3S/c1-16(2,3)21-15(20)19-12-14(11-13(19)9-10-18)22-23(7,8)17(4,5)6/h13-14H,9-12,18H2,1-8H3. The van der Waals surface area contributed by atoms with Gasteiger partial charge in [0.25, 0.3) is 0 Å². The van der Waals surface area contributed by atoms with Crippen LogP contribution in [-0.2, 0) is 8.92 Å². The molecule has 138 valence electrons. The van der Waals surface area contributed by atoms with Gasteiger partial charge in [0.2, 0.25) is 0 Å². The maximum atomic E-state index is 12.5. The molecule has 0 saturated carbocycles. The fourth-order valence-electron chi connectivity index (χ4n) is 2.44. The fourth-order valence-corrected chi connectivity index (χ4v) is 3.55. The summed E-state index contributed by atoms with van der Waals surface area (Å²) in [4.78, 5) is 14.3. The first-order valence-electron chi connectivity index (χ1n) is 8.37. The predicted molar refractivity (Wildman–Crippen MR) is 99.1 cm³/mol. The van der Waals surface area contributed by atoms with Gasteiger partial charge >= 0.3 is 6.09 Å². The van der Waals surface area contributed by atoms with E-state index in [2.05, 4.69) is 33.3 Å². The maximum absolute atomic E-state index is 12.5. The van der Waals surface area contributed by atoms with Gasteiger partial charge in [-0.1, -0.05) is 20.8 Å². The predicted octanol–water partition coefficient (Wildman–Crippen LogP) is 3.51. The molecule has 1 aliphatic rings. The smallest absolute Gasteiger partial charge is 0.410 e. The molecule has 1 heterocycles. The molecule has 1 saturated heterocycles. The van der Waals surface area contributed by atoms with Gasteiger partial charge in [0, 0.05) is 10.8 Å². The summed E-state index contributed by atoms with van der Waals surface area (Å²) in [6.07, 6.45) is 5.81. The molecule has 1 fully saturated rings. The van der Waals surface area contributed by atoms with Gasteiger partial charge in [-0.15, -0.1) is 10.3 Å². The maximum Gasteiger partial charge on any atom is 0.410 e. The summed E-state index contributed by atoms with van der Waals surface area (Å²) >= 11 is 0. The number of ether oxygens (including phenoxy) is 1. The number of hydrogen-bond donors (Lipinski definition) is 1. The first kappa shape index (κ1) is 20.6. The number of amides is 1. The van der Waals surface area contributed by atoms with Gasteiger partial charge in [0.1, 0.15) is 5.60 Å². The molecular weight excluding hydrogens is 312 g/mol. The highest BCUT2D eigenvalue weighted by Gasteiger charge is 2.41. The lowest BCUT2D eigenvalue weighted by Crippen LogP contribution is -2.41. The van der Waals surface area contributed by atoms with Crippen molar-refractivity contribution in [2.24, 2.45) is 5.73 Å². The number of likely N-dealkylation sites (tertiary alicyclic amines) is 1. The Labute approximate surface area is 143 Å². The van der Waals surface area contributed by atoms with Crippen LogP contribution in [0.15, 0.2) is 0 Å². The minimum Gasteiger partial charge on any atom is -0.444 e. The van der Waals surface area contributed by atoms with Gasteiger partial charge in [-0.3, -0.25) is 0 Å². The summed E-state index contributed by atoms with van der Waals surface area (Å²) in [7, 11) is -1.21. The number of nitrogens with zero attached hydrogens (tertiary/aromatic N) is 1. The lowest BCUT2D eigenvalue weighted by molar-refractivity contribution is 0.0210. The van der Waals surface area contributed by atoms with Gasteiger partial charge < -0.3 is 19.6 Å². The highest BCUT2D eigenvalue weighted by Crippen LogP contribution is 2.55. The molecule has 5 nitrogen and oxygen atoms in total. The van der Waals surface area contributed by atoms with E-state index in [9.17, 15) is 4.79 Å². The Morgan fingerprint density at radius 1 is 1.22 bits per heavy atom. The topological polar surface area (TPSA) is 64.8 Å². The Morgan fingerprint density at radius 3 is 2.22 bits per heavy atom. The quantitative estimate of drug-likeness (QED) is 0.844. The third-order valence-electron chi connectivity index (χ3n) is 4.36. The molecule has 0 spiro atoms. The van der Waals surface area contributed by atoms with Crippen LogP contribution in [0.2, 0.25) is 0 Å². The molecule has 2 N–H and O–H groups in total. The van der Waals surface area contributed by atoms with Crippen molar-refractivity contribution in [3.63, 3.8) is 0 Å². The van der Waals surface area contributed by atoms with Crippen molar-refractivity contribution in [3.05, 3.63) is 0 Å². The van der Waals surface area contributed by atoms with Crippen LogP contribution < -0.4 is 5.73 Å². The molecule has 0 aromatic rings. The molecule has 2 atom stereocenters. The van der Waals surface area contributed by atoms with E-state index in [1.165, 1.54) is 0 Å². The van der Waals surface area contributed by atoms with Crippen molar-refractivity contribution in [2.45, 2.75) is 76.9 Å². The summed E-state index contributed by atoms with van der Waals surface area (Å²) in [6, 6.07) is 0.106. The Morgan fingerprint density at radius 2 is 1.78 bits per heavy atom. The fraction of sp³-hybridized carbons (Fsp3) is 0.941. The van der Waals surface area contributed by atoms with E-state index >= 15 is 0 Å². The summed E-state index contributed by atoms with van der Waals surface area (Å²) in [6.45, 7) is 13.4. The van der Waals surface area contributed by atoms with Crippen LogP contribution in [0.4, 0.5) is 4.79 Å². The van der Waals surface area contributed by atoms with E-state index in [4.69, 9.17) is 14.7 Å².